The molecule has 1 unspecified atom stereocenters. The molecule has 9 nitrogen and oxygen atoms in total. The van der Waals surface area contributed by atoms with Crippen LogP contribution in [0.3, 0.4) is 0 Å². The Balaban J connectivity index is 4.28. The zero-order valence-electron chi connectivity index (χ0n) is 27.4. The summed E-state index contributed by atoms with van der Waals surface area (Å²) in [5.41, 5.74) is 0. The summed E-state index contributed by atoms with van der Waals surface area (Å²) in [6.45, 7) is 3.60. The molecule has 0 fully saturated rings. The van der Waals surface area contributed by atoms with Gasteiger partial charge in [0.15, 0.2) is 6.10 Å². The van der Waals surface area contributed by atoms with Gasteiger partial charge in [-0.3, -0.25) is 18.9 Å². The van der Waals surface area contributed by atoms with Crippen molar-refractivity contribution in [2.75, 3.05) is 19.4 Å². The lowest BCUT2D eigenvalue weighted by molar-refractivity contribution is -0.161. The monoisotopic (exact) mass is 634 g/mol. The van der Waals surface area contributed by atoms with Crippen LogP contribution in [0.5, 0.6) is 0 Å². The van der Waals surface area contributed by atoms with E-state index in [1.165, 1.54) is 89.9 Å². The first kappa shape index (κ1) is 41.6. The number of ether oxygens (including phenoxy) is 2. The molecule has 0 rings (SSSR count). The van der Waals surface area contributed by atoms with Crippen LogP contribution in [0, 0.1) is 0 Å². The highest BCUT2D eigenvalue weighted by molar-refractivity contribution is 7.53. The molecule has 0 bridgehead atoms. The first-order valence-electron chi connectivity index (χ1n) is 17.2. The lowest BCUT2D eigenvalue weighted by Crippen LogP contribution is -2.29. The van der Waals surface area contributed by atoms with Gasteiger partial charge in [0.2, 0.25) is 0 Å². The van der Waals surface area contributed by atoms with Gasteiger partial charge in [0.05, 0.1) is 6.61 Å². The Kier molecular flexibility index (Phi) is 28.3. The molecule has 254 valence electrons. The predicted octanol–water partition coefficient (Wildman–Crippen LogP) is 9.13. The molecule has 0 aromatic rings. The van der Waals surface area contributed by atoms with Crippen molar-refractivity contribution in [3.05, 3.63) is 0 Å². The molecule has 0 saturated heterocycles. The Morgan fingerprint density at radius 3 is 1.35 bits per heavy atom. The lowest BCUT2D eigenvalue weighted by atomic mass is 10.1. The minimum atomic E-state index is -4.41. The van der Waals surface area contributed by atoms with E-state index in [0.29, 0.717) is 12.8 Å². The Hall–Kier alpha value is -1.44. The van der Waals surface area contributed by atoms with E-state index in [1.807, 2.05) is 0 Å². The maximum absolute atomic E-state index is 12.4. The number of carbonyl (C=O) groups is 3. The largest absolute Gasteiger partial charge is 0.481 e. The molecule has 0 aliphatic heterocycles. The number of unbranched alkanes of at least 4 members (excludes halogenated alkanes) is 20. The van der Waals surface area contributed by atoms with Gasteiger partial charge in [-0.25, -0.2) is 0 Å². The fourth-order valence-electron chi connectivity index (χ4n) is 4.90. The third kappa shape index (κ3) is 30.4. The summed E-state index contributed by atoms with van der Waals surface area (Å²) >= 11 is 0. The summed E-state index contributed by atoms with van der Waals surface area (Å²) in [6.07, 6.45) is 23.9. The van der Waals surface area contributed by atoms with Crippen molar-refractivity contribution in [2.45, 2.75) is 174 Å². The van der Waals surface area contributed by atoms with Crippen LogP contribution in [0.15, 0.2) is 0 Å². The highest BCUT2D eigenvalue weighted by Crippen LogP contribution is 2.41. The minimum Gasteiger partial charge on any atom is -0.481 e. The van der Waals surface area contributed by atoms with Gasteiger partial charge in [0, 0.05) is 12.8 Å². The number of rotatable bonds is 32. The van der Waals surface area contributed by atoms with Crippen molar-refractivity contribution in [3.63, 3.8) is 0 Å². The highest BCUT2D eigenvalue weighted by Gasteiger charge is 2.27. The number of carboxylic acids is 1. The number of carboxylic acid groups (broad SMARTS) is 1. The third-order valence-electron chi connectivity index (χ3n) is 7.49. The summed E-state index contributed by atoms with van der Waals surface area (Å²) in [7, 11) is -4.41. The Morgan fingerprint density at radius 2 is 0.953 bits per heavy atom. The standard InChI is InChI=1S/C33H63O9P/c1-3-5-7-9-11-13-15-17-19-21-23-25-32(36)40-27-30(28-41-43(38,39)29-31(34)35)42-33(37)26-24-22-20-18-16-14-12-10-8-6-4-2/h30H,3-29H2,1-2H3,(H,34,35)(H,38,39)/t30-/m1/s1. The first-order chi connectivity index (χ1) is 20.7. The van der Waals surface area contributed by atoms with Gasteiger partial charge in [-0.2, -0.15) is 0 Å². The molecular weight excluding hydrogens is 571 g/mol. The van der Waals surface area contributed by atoms with Crippen molar-refractivity contribution < 1.29 is 42.9 Å². The van der Waals surface area contributed by atoms with Crippen molar-refractivity contribution in [1.82, 2.24) is 0 Å². The second-order valence-corrected chi connectivity index (χ2v) is 13.7. The van der Waals surface area contributed by atoms with Gasteiger partial charge >= 0.3 is 25.5 Å². The van der Waals surface area contributed by atoms with Gasteiger partial charge in [-0.1, -0.05) is 142 Å². The summed E-state index contributed by atoms with van der Waals surface area (Å²) in [5.74, 6) is -2.41. The second kappa shape index (κ2) is 29.3. The van der Waals surface area contributed by atoms with E-state index in [9.17, 15) is 23.8 Å². The van der Waals surface area contributed by atoms with Crippen molar-refractivity contribution in [3.8, 4) is 0 Å². The van der Waals surface area contributed by atoms with Crippen molar-refractivity contribution in [2.24, 2.45) is 0 Å². The molecule has 2 atom stereocenters. The van der Waals surface area contributed by atoms with E-state index in [2.05, 4.69) is 13.8 Å². The summed E-state index contributed by atoms with van der Waals surface area (Å²) in [5, 5.41) is 8.80. The van der Waals surface area contributed by atoms with Crippen LogP contribution in [-0.4, -0.2) is 53.4 Å². The molecular formula is C33H63O9P. The quantitative estimate of drug-likeness (QED) is 0.0421. The maximum Gasteiger partial charge on any atom is 0.339 e. The van der Waals surface area contributed by atoms with Gasteiger partial charge in [0.25, 0.3) is 0 Å². The Morgan fingerprint density at radius 1 is 0.581 bits per heavy atom. The molecule has 0 spiro atoms. The number of hydrogen-bond acceptors (Lipinski definition) is 7. The molecule has 0 aromatic carbocycles. The predicted molar refractivity (Wildman–Crippen MR) is 171 cm³/mol. The molecule has 0 aromatic heterocycles. The third-order valence-corrected chi connectivity index (χ3v) is 8.72. The topological polar surface area (TPSA) is 136 Å². The van der Waals surface area contributed by atoms with E-state index in [4.69, 9.17) is 19.1 Å². The molecule has 0 amide bonds. The minimum absolute atomic E-state index is 0.187. The van der Waals surface area contributed by atoms with Crippen LogP contribution in [0.25, 0.3) is 0 Å². The smallest absolute Gasteiger partial charge is 0.339 e. The lowest BCUT2D eigenvalue weighted by Gasteiger charge is -2.19. The first-order valence-corrected chi connectivity index (χ1v) is 19.0. The van der Waals surface area contributed by atoms with Crippen LogP contribution in [0.2, 0.25) is 0 Å². The SMILES string of the molecule is CCCCCCCCCCCCCC(=O)OC[C@H](COP(=O)(O)CC(=O)O)OC(=O)CCCCCCCCCCCCC. The second-order valence-electron chi connectivity index (χ2n) is 11.9. The van der Waals surface area contributed by atoms with Gasteiger partial charge < -0.3 is 24.0 Å². The van der Waals surface area contributed by atoms with E-state index in [-0.39, 0.29) is 19.4 Å². The summed E-state index contributed by atoms with van der Waals surface area (Å²) in [4.78, 5) is 45.2. The van der Waals surface area contributed by atoms with Gasteiger partial charge in [0.1, 0.15) is 12.8 Å². The summed E-state index contributed by atoms with van der Waals surface area (Å²) < 4.78 is 27.5. The number of esters is 2. The molecule has 0 aliphatic carbocycles. The van der Waals surface area contributed by atoms with Crippen LogP contribution in [0.1, 0.15) is 168 Å². The highest BCUT2D eigenvalue weighted by atomic mass is 31.2. The zero-order valence-corrected chi connectivity index (χ0v) is 28.3. The van der Waals surface area contributed by atoms with Gasteiger partial charge in [-0.15, -0.1) is 0 Å². The molecule has 2 N–H and O–H groups in total. The molecule has 43 heavy (non-hydrogen) atoms. The maximum atomic E-state index is 12.4. The van der Waals surface area contributed by atoms with Crippen LogP contribution in [0.4, 0.5) is 0 Å². The fraction of sp³-hybridized carbons (Fsp3) is 0.909. The molecule has 0 radical (unpaired) electrons. The Labute approximate surface area is 261 Å². The molecule has 0 saturated carbocycles. The fourth-order valence-corrected chi connectivity index (χ4v) is 5.73. The van der Waals surface area contributed by atoms with Gasteiger partial charge in [-0.05, 0) is 12.8 Å². The number of carbonyl (C=O) groups excluding carboxylic acids is 2. The number of aliphatic carboxylic acids is 1. The van der Waals surface area contributed by atoms with Crippen LogP contribution >= 0.6 is 7.60 Å². The Bertz CT molecular complexity index is 744. The average Bonchev–Trinajstić information content (AvgIpc) is 2.95. The van der Waals surface area contributed by atoms with E-state index in [0.717, 1.165) is 38.5 Å². The molecule has 0 heterocycles. The van der Waals surface area contributed by atoms with Crippen molar-refractivity contribution in [1.29, 1.82) is 0 Å². The van der Waals surface area contributed by atoms with Crippen molar-refractivity contribution >= 4 is 25.5 Å². The molecule has 0 aliphatic rings. The van der Waals surface area contributed by atoms with E-state index in [1.54, 1.807) is 0 Å². The molecule has 10 heteroatoms. The van der Waals surface area contributed by atoms with Crippen LogP contribution in [-0.2, 0) is 32.9 Å². The normalized spacial score (nSPS) is 13.4. The average molecular weight is 635 g/mol. The summed E-state index contributed by atoms with van der Waals surface area (Å²) in [6, 6.07) is 0. The zero-order chi connectivity index (χ0) is 32.0. The van der Waals surface area contributed by atoms with E-state index >= 15 is 0 Å². The van der Waals surface area contributed by atoms with Crippen LogP contribution < -0.4 is 0 Å². The van der Waals surface area contributed by atoms with E-state index < -0.39 is 44.4 Å². The number of hydrogen-bond donors (Lipinski definition) is 2.